The zero-order valence-corrected chi connectivity index (χ0v) is 12.4. The van der Waals surface area contributed by atoms with Crippen molar-refractivity contribution in [2.45, 2.75) is 24.5 Å². The van der Waals surface area contributed by atoms with Gasteiger partial charge in [-0.25, -0.2) is 0 Å². The zero-order chi connectivity index (χ0) is 14.4. The highest BCUT2D eigenvalue weighted by Crippen LogP contribution is 2.28. The molecule has 0 amide bonds. The third-order valence-corrected chi connectivity index (χ3v) is 3.87. The Hall–Kier alpha value is -1.81. The number of rotatable bonds is 6. The van der Waals surface area contributed by atoms with Gasteiger partial charge in [0.1, 0.15) is 5.75 Å². The van der Waals surface area contributed by atoms with Gasteiger partial charge in [-0.2, -0.15) is 0 Å². The van der Waals surface area contributed by atoms with E-state index in [1.54, 1.807) is 31.1 Å². The van der Waals surface area contributed by atoms with Crippen LogP contribution >= 0.6 is 11.8 Å². The summed E-state index contributed by atoms with van der Waals surface area (Å²) in [6, 6.07) is 9.55. The van der Waals surface area contributed by atoms with Gasteiger partial charge in [-0.15, -0.1) is 11.8 Å². The van der Waals surface area contributed by atoms with Crippen LogP contribution in [0.3, 0.4) is 0 Å². The first-order valence-electron chi connectivity index (χ1n) is 6.50. The van der Waals surface area contributed by atoms with Gasteiger partial charge >= 0.3 is 0 Å². The summed E-state index contributed by atoms with van der Waals surface area (Å²) in [4.78, 5) is 16.6. The third kappa shape index (κ3) is 3.84. The van der Waals surface area contributed by atoms with Crippen molar-refractivity contribution in [1.29, 1.82) is 0 Å². The van der Waals surface area contributed by atoms with Gasteiger partial charge in [-0.1, -0.05) is 0 Å². The molecule has 0 bridgehead atoms. The molecule has 0 saturated heterocycles. The van der Waals surface area contributed by atoms with Crippen LogP contribution in [-0.4, -0.2) is 17.4 Å². The number of ketones is 1. The standard InChI is InChI=1S/C16H17NO2S/c1-3-19-16-5-4-13(12(2)18)10-14(16)11-20-15-6-8-17-9-7-15/h4-10H,3,11H2,1-2H3. The molecule has 1 aromatic carbocycles. The minimum absolute atomic E-state index is 0.0724. The molecule has 1 heterocycles. The molecule has 0 aliphatic heterocycles. The summed E-state index contributed by atoms with van der Waals surface area (Å²) < 4.78 is 5.62. The number of Topliss-reactive ketones (excluding diaryl/α,β-unsaturated/α-hetero) is 1. The van der Waals surface area contributed by atoms with Crippen molar-refractivity contribution in [2.24, 2.45) is 0 Å². The van der Waals surface area contributed by atoms with Crippen LogP contribution in [-0.2, 0) is 5.75 Å². The van der Waals surface area contributed by atoms with Gasteiger partial charge in [0.05, 0.1) is 6.61 Å². The summed E-state index contributed by atoms with van der Waals surface area (Å²) in [6.45, 7) is 4.15. The molecule has 2 rings (SSSR count). The lowest BCUT2D eigenvalue weighted by Gasteiger charge is -2.11. The van der Waals surface area contributed by atoms with Crippen LogP contribution in [0.2, 0.25) is 0 Å². The number of hydrogen-bond donors (Lipinski definition) is 0. The first-order chi connectivity index (χ1) is 9.70. The van der Waals surface area contributed by atoms with E-state index in [-0.39, 0.29) is 5.78 Å². The topological polar surface area (TPSA) is 39.2 Å². The number of pyridine rings is 1. The molecule has 4 heteroatoms. The van der Waals surface area contributed by atoms with Crippen molar-refractivity contribution >= 4 is 17.5 Å². The predicted octanol–water partition coefficient (Wildman–Crippen LogP) is 3.98. The summed E-state index contributed by atoms with van der Waals surface area (Å²) in [6.07, 6.45) is 3.55. The number of carbonyl (C=O) groups excluding carboxylic acids is 1. The van der Waals surface area contributed by atoms with Crippen LogP contribution in [0.4, 0.5) is 0 Å². The molecule has 0 N–H and O–H groups in total. The van der Waals surface area contributed by atoms with Crippen molar-refractivity contribution in [3.63, 3.8) is 0 Å². The highest BCUT2D eigenvalue weighted by molar-refractivity contribution is 7.98. The largest absolute Gasteiger partial charge is 0.494 e. The minimum atomic E-state index is 0.0724. The third-order valence-electron chi connectivity index (χ3n) is 2.81. The fourth-order valence-corrected chi connectivity index (χ4v) is 2.67. The van der Waals surface area contributed by atoms with Gasteiger partial charge < -0.3 is 4.74 Å². The highest BCUT2D eigenvalue weighted by atomic mass is 32.2. The number of nitrogens with zero attached hydrogens (tertiary/aromatic N) is 1. The Morgan fingerprint density at radius 1 is 1.25 bits per heavy atom. The number of carbonyl (C=O) groups is 1. The molecular formula is C16H17NO2S. The quantitative estimate of drug-likeness (QED) is 0.595. The van der Waals surface area contributed by atoms with E-state index in [0.717, 1.165) is 27.5 Å². The molecular weight excluding hydrogens is 270 g/mol. The molecule has 0 fully saturated rings. The van der Waals surface area contributed by atoms with Crippen LogP contribution in [0, 0.1) is 0 Å². The van der Waals surface area contributed by atoms with Crippen molar-refractivity contribution in [2.75, 3.05) is 6.61 Å². The van der Waals surface area contributed by atoms with Crippen LogP contribution in [0.5, 0.6) is 5.75 Å². The Bertz CT molecular complexity index is 584. The van der Waals surface area contributed by atoms with Gasteiger partial charge in [0, 0.05) is 34.2 Å². The summed E-state index contributed by atoms with van der Waals surface area (Å²) in [5.74, 6) is 1.68. The molecule has 0 spiro atoms. The monoisotopic (exact) mass is 287 g/mol. The molecule has 104 valence electrons. The molecule has 3 nitrogen and oxygen atoms in total. The highest BCUT2D eigenvalue weighted by Gasteiger charge is 2.08. The van der Waals surface area contributed by atoms with Gasteiger partial charge in [-0.3, -0.25) is 9.78 Å². The molecule has 20 heavy (non-hydrogen) atoms. The van der Waals surface area contributed by atoms with E-state index in [2.05, 4.69) is 4.98 Å². The second-order valence-corrected chi connectivity index (χ2v) is 5.33. The molecule has 0 saturated carbocycles. The normalized spacial score (nSPS) is 10.3. The van der Waals surface area contributed by atoms with E-state index in [0.29, 0.717) is 6.61 Å². The van der Waals surface area contributed by atoms with Crippen molar-refractivity contribution in [1.82, 2.24) is 4.98 Å². The number of benzene rings is 1. The fraction of sp³-hybridized carbons (Fsp3) is 0.250. The lowest BCUT2D eigenvalue weighted by molar-refractivity contribution is 0.101. The Morgan fingerprint density at radius 3 is 2.65 bits per heavy atom. The average Bonchev–Trinajstić information content (AvgIpc) is 2.47. The number of thioether (sulfide) groups is 1. The Labute approximate surface area is 123 Å². The molecule has 0 atom stereocenters. The SMILES string of the molecule is CCOc1ccc(C(C)=O)cc1CSc1ccncc1. The Kier molecular flexibility index (Phi) is 5.18. The predicted molar refractivity (Wildman–Crippen MR) is 81.4 cm³/mol. The van der Waals surface area contributed by atoms with Gasteiger partial charge in [0.25, 0.3) is 0 Å². The Morgan fingerprint density at radius 2 is 2.00 bits per heavy atom. The zero-order valence-electron chi connectivity index (χ0n) is 11.6. The van der Waals surface area contributed by atoms with E-state index in [1.165, 1.54) is 0 Å². The first kappa shape index (κ1) is 14.6. The van der Waals surface area contributed by atoms with Crippen molar-refractivity contribution < 1.29 is 9.53 Å². The summed E-state index contributed by atoms with van der Waals surface area (Å²) in [7, 11) is 0. The van der Waals surface area contributed by atoms with Crippen molar-refractivity contribution in [3.05, 3.63) is 53.9 Å². The Balaban J connectivity index is 2.19. The smallest absolute Gasteiger partial charge is 0.159 e. The van der Waals surface area contributed by atoms with E-state index in [1.807, 2.05) is 37.3 Å². The number of aromatic nitrogens is 1. The molecule has 0 aliphatic rings. The van der Waals surface area contributed by atoms with Gasteiger partial charge in [0.2, 0.25) is 0 Å². The van der Waals surface area contributed by atoms with E-state index < -0.39 is 0 Å². The minimum Gasteiger partial charge on any atom is -0.494 e. The van der Waals surface area contributed by atoms with Gasteiger partial charge in [-0.05, 0) is 44.2 Å². The van der Waals surface area contributed by atoms with Crippen molar-refractivity contribution in [3.8, 4) is 5.75 Å². The molecule has 0 aliphatic carbocycles. The maximum absolute atomic E-state index is 11.5. The lowest BCUT2D eigenvalue weighted by atomic mass is 10.1. The van der Waals surface area contributed by atoms with Crippen LogP contribution < -0.4 is 4.74 Å². The van der Waals surface area contributed by atoms with Crippen LogP contribution in [0.1, 0.15) is 29.8 Å². The summed E-state index contributed by atoms with van der Waals surface area (Å²) in [5.41, 5.74) is 1.76. The average molecular weight is 287 g/mol. The summed E-state index contributed by atoms with van der Waals surface area (Å²) >= 11 is 1.70. The number of ether oxygens (including phenoxy) is 1. The van der Waals surface area contributed by atoms with Crippen LogP contribution in [0.15, 0.2) is 47.6 Å². The fourth-order valence-electron chi connectivity index (χ4n) is 1.80. The van der Waals surface area contributed by atoms with E-state index in [4.69, 9.17) is 4.74 Å². The lowest BCUT2D eigenvalue weighted by Crippen LogP contribution is -1.99. The number of hydrogen-bond acceptors (Lipinski definition) is 4. The van der Waals surface area contributed by atoms with Crippen LogP contribution in [0.25, 0.3) is 0 Å². The van der Waals surface area contributed by atoms with E-state index >= 15 is 0 Å². The second kappa shape index (κ2) is 7.10. The molecule has 0 radical (unpaired) electrons. The van der Waals surface area contributed by atoms with E-state index in [9.17, 15) is 4.79 Å². The molecule has 0 unspecified atom stereocenters. The molecule has 1 aromatic heterocycles. The first-order valence-corrected chi connectivity index (χ1v) is 7.48. The summed E-state index contributed by atoms with van der Waals surface area (Å²) in [5, 5.41) is 0. The molecule has 2 aromatic rings. The maximum Gasteiger partial charge on any atom is 0.159 e. The maximum atomic E-state index is 11.5. The van der Waals surface area contributed by atoms with Gasteiger partial charge in [0.15, 0.2) is 5.78 Å². The second-order valence-electron chi connectivity index (χ2n) is 4.28.